The average Bonchev–Trinajstić information content (AvgIpc) is 3.36. The van der Waals surface area contributed by atoms with Crippen LogP contribution in [0.3, 0.4) is 0 Å². The summed E-state index contributed by atoms with van der Waals surface area (Å²) in [5.41, 5.74) is 3.14. The maximum atomic E-state index is 12.5. The number of benzene rings is 1. The van der Waals surface area contributed by atoms with Crippen molar-refractivity contribution >= 4 is 45.9 Å². The summed E-state index contributed by atoms with van der Waals surface area (Å²) < 4.78 is 5.64. The highest BCUT2D eigenvalue weighted by Crippen LogP contribution is 2.45. The molecular formula is C25H28N4O2S2. The van der Waals surface area contributed by atoms with E-state index in [1.54, 1.807) is 24.6 Å². The number of amides is 1. The van der Waals surface area contributed by atoms with Crippen LogP contribution in [0.1, 0.15) is 49.0 Å². The van der Waals surface area contributed by atoms with E-state index in [9.17, 15) is 4.79 Å². The van der Waals surface area contributed by atoms with E-state index in [1.165, 1.54) is 10.4 Å². The third-order valence-electron chi connectivity index (χ3n) is 5.66. The molecule has 2 N–H and O–H groups in total. The Morgan fingerprint density at radius 1 is 1.24 bits per heavy atom. The first kappa shape index (κ1) is 23.2. The summed E-state index contributed by atoms with van der Waals surface area (Å²) in [6, 6.07) is 13.6. The van der Waals surface area contributed by atoms with Crippen LogP contribution in [-0.2, 0) is 4.79 Å². The Bertz CT molecular complexity index is 1170. The molecule has 8 heteroatoms. The molecule has 1 aromatic carbocycles. The zero-order valence-corrected chi connectivity index (χ0v) is 21.0. The normalized spacial score (nSPS) is 18.2. The number of aromatic nitrogens is 1. The lowest BCUT2D eigenvalue weighted by Crippen LogP contribution is -2.30. The summed E-state index contributed by atoms with van der Waals surface area (Å²) in [5, 5.41) is 9.18. The largest absolute Gasteiger partial charge is 0.494 e. The second-order valence-corrected chi connectivity index (χ2v) is 10.4. The van der Waals surface area contributed by atoms with E-state index in [1.807, 2.05) is 57.2 Å². The van der Waals surface area contributed by atoms with Crippen LogP contribution in [0.2, 0.25) is 0 Å². The van der Waals surface area contributed by atoms with Gasteiger partial charge in [-0.25, -0.2) is 0 Å². The predicted molar refractivity (Wildman–Crippen MR) is 138 cm³/mol. The summed E-state index contributed by atoms with van der Waals surface area (Å²) >= 11 is 7.52. The van der Waals surface area contributed by atoms with Gasteiger partial charge in [0.2, 0.25) is 5.91 Å². The van der Waals surface area contributed by atoms with Gasteiger partial charge in [0.25, 0.3) is 0 Å². The molecule has 4 rings (SSSR count). The molecule has 2 atom stereocenters. The smallest absolute Gasteiger partial charge is 0.229 e. The van der Waals surface area contributed by atoms with E-state index in [-0.39, 0.29) is 18.0 Å². The van der Waals surface area contributed by atoms with Gasteiger partial charge in [0.1, 0.15) is 5.75 Å². The lowest BCUT2D eigenvalue weighted by Gasteiger charge is -2.28. The van der Waals surface area contributed by atoms with Crippen LogP contribution in [0.5, 0.6) is 5.75 Å². The fraction of sp³-hybridized carbons (Fsp3) is 0.320. The Balaban J connectivity index is 1.75. The van der Waals surface area contributed by atoms with Gasteiger partial charge in [-0.2, -0.15) is 0 Å². The summed E-state index contributed by atoms with van der Waals surface area (Å²) in [4.78, 5) is 20.5. The number of rotatable bonds is 5. The van der Waals surface area contributed by atoms with Crippen LogP contribution in [0, 0.1) is 12.3 Å². The van der Waals surface area contributed by atoms with Gasteiger partial charge in [-0.3, -0.25) is 9.78 Å². The minimum absolute atomic E-state index is 0.0628. The van der Waals surface area contributed by atoms with Crippen LogP contribution < -0.4 is 20.3 Å². The summed E-state index contributed by atoms with van der Waals surface area (Å²) in [5.74, 6) is 0.505. The Kier molecular flexibility index (Phi) is 6.41. The third kappa shape index (κ3) is 4.58. The van der Waals surface area contributed by atoms with Crippen LogP contribution in [0.25, 0.3) is 0 Å². The van der Waals surface area contributed by atoms with Crippen molar-refractivity contribution in [1.29, 1.82) is 0 Å². The number of aryl methyl sites for hydroxylation is 1. The van der Waals surface area contributed by atoms with Gasteiger partial charge in [0, 0.05) is 28.2 Å². The number of thiocarbonyl (C=S) groups is 1. The number of thiophene rings is 1. The third-order valence-corrected chi connectivity index (χ3v) is 7.07. The number of hydrogen-bond donors (Lipinski definition) is 2. The number of methoxy groups -OCH3 is 1. The molecule has 33 heavy (non-hydrogen) atoms. The van der Waals surface area contributed by atoms with Crippen molar-refractivity contribution < 1.29 is 9.53 Å². The molecule has 1 saturated heterocycles. The molecule has 1 aliphatic rings. The van der Waals surface area contributed by atoms with Crippen LogP contribution >= 0.6 is 23.6 Å². The minimum atomic E-state index is -0.512. The Hall–Kier alpha value is -2.97. The summed E-state index contributed by atoms with van der Waals surface area (Å²) in [6.45, 7) is 7.75. The van der Waals surface area contributed by atoms with Gasteiger partial charge >= 0.3 is 0 Å². The molecule has 6 nitrogen and oxygen atoms in total. The Morgan fingerprint density at radius 2 is 2.03 bits per heavy atom. The second-order valence-electron chi connectivity index (χ2n) is 9.05. The number of carbonyl (C=O) groups excluding carboxylic acids is 1. The minimum Gasteiger partial charge on any atom is -0.494 e. The zero-order chi connectivity index (χ0) is 23.8. The van der Waals surface area contributed by atoms with Gasteiger partial charge in [-0.05, 0) is 60.4 Å². The lowest BCUT2D eigenvalue weighted by molar-refractivity contribution is -0.123. The fourth-order valence-corrected chi connectivity index (χ4v) is 5.23. The second kappa shape index (κ2) is 9.11. The maximum absolute atomic E-state index is 12.5. The van der Waals surface area contributed by atoms with Crippen molar-refractivity contribution in [2.45, 2.75) is 39.8 Å². The quantitative estimate of drug-likeness (QED) is 0.462. The molecule has 3 heterocycles. The molecule has 0 unspecified atom stereocenters. The number of ether oxygens (including phenoxy) is 1. The van der Waals surface area contributed by atoms with Crippen LogP contribution in [0.15, 0.2) is 54.0 Å². The fourth-order valence-electron chi connectivity index (χ4n) is 3.83. The number of anilines is 2. The van der Waals surface area contributed by atoms with Gasteiger partial charge in [-0.1, -0.05) is 26.8 Å². The van der Waals surface area contributed by atoms with E-state index >= 15 is 0 Å². The van der Waals surface area contributed by atoms with E-state index < -0.39 is 5.41 Å². The van der Waals surface area contributed by atoms with E-state index in [2.05, 4.69) is 38.9 Å². The first-order valence-electron chi connectivity index (χ1n) is 10.7. The van der Waals surface area contributed by atoms with E-state index in [0.29, 0.717) is 16.5 Å². The molecular weight excluding hydrogens is 452 g/mol. The number of hydrogen-bond acceptors (Lipinski definition) is 5. The van der Waals surface area contributed by atoms with Crippen molar-refractivity contribution in [1.82, 2.24) is 10.3 Å². The highest BCUT2D eigenvalue weighted by Gasteiger charge is 2.42. The predicted octanol–water partition coefficient (Wildman–Crippen LogP) is 5.62. The first-order valence-corrected chi connectivity index (χ1v) is 12.0. The molecule has 0 spiro atoms. The molecule has 1 fully saturated rings. The van der Waals surface area contributed by atoms with Gasteiger partial charge in [0.15, 0.2) is 5.11 Å². The van der Waals surface area contributed by atoms with Gasteiger partial charge in [-0.15, -0.1) is 11.3 Å². The van der Waals surface area contributed by atoms with Crippen molar-refractivity contribution in [3.05, 3.63) is 70.2 Å². The monoisotopic (exact) mass is 480 g/mol. The zero-order valence-electron chi connectivity index (χ0n) is 19.4. The van der Waals surface area contributed by atoms with Crippen molar-refractivity contribution in [3.8, 4) is 5.75 Å². The standard InChI is InChI=1S/C25H28N4O2S2/c1-15-11-13-33-22(15)21-20(18-8-6-7-12-26-18)28-24(32)29(21)16-9-10-17(19(14-16)31-5)27-23(30)25(2,3)4/h6-14,20-21H,1-5H3,(H,27,30)(H,28,32)/t20-,21-/m0/s1. The molecule has 0 aliphatic carbocycles. The maximum Gasteiger partial charge on any atom is 0.229 e. The lowest BCUT2D eigenvalue weighted by atomic mass is 9.95. The highest BCUT2D eigenvalue weighted by atomic mass is 32.1. The van der Waals surface area contributed by atoms with E-state index in [4.69, 9.17) is 17.0 Å². The number of nitrogens with zero attached hydrogens (tertiary/aromatic N) is 2. The van der Waals surface area contributed by atoms with Crippen molar-refractivity contribution in [2.75, 3.05) is 17.3 Å². The molecule has 3 aromatic rings. The SMILES string of the molecule is COc1cc(N2C(=S)N[C@@H](c3ccccn3)[C@H]2c2sccc2C)ccc1NC(=O)C(C)(C)C. The Morgan fingerprint density at radius 3 is 2.64 bits per heavy atom. The molecule has 1 aliphatic heterocycles. The van der Waals surface area contributed by atoms with Crippen LogP contribution in [0.4, 0.5) is 11.4 Å². The first-order chi connectivity index (χ1) is 15.7. The Labute approximate surface area is 204 Å². The number of pyridine rings is 1. The summed E-state index contributed by atoms with van der Waals surface area (Å²) in [7, 11) is 1.60. The van der Waals surface area contributed by atoms with E-state index in [0.717, 1.165) is 11.4 Å². The van der Waals surface area contributed by atoms with Gasteiger partial charge < -0.3 is 20.3 Å². The summed E-state index contributed by atoms with van der Waals surface area (Å²) in [6.07, 6.45) is 1.80. The molecule has 0 bridgehead atoms. The van der Waals surface area contributed by atoms with Crippen molar-refractivity contribution in [2.24, 2.45) is 5.41 Å². The molecule has 0 saturated carbocycles. The van der Waals surface area contributed by atoms with Crippen molar-refractivity contribution in [3.63, 3.8) is 0 Å². The molecule has 2 aromatic heterocycles. The molecule has 0 radical (unpaired) electrons. The molecule has 1 amide bonds. The number of nitrogens with one attached hydrogen (secondary N) is 2. The number of carbonyl (C=O) groups is 1. The van der Waals surface area contributed by atoms with Crippen LogP contribution in [-0.4, -0.2) is 23.1 Å². The highest BCUT2D eigenvalue weighted by molar-refractivity contribution is 7.80. The topological polar surface area (TPSA) is 66.5 Å². The average molecular weight is 481 g/mol. The molecule has 172 valence electrons. The van der Waals surface area contributed by atoms with Gasteiger partial charge in [0.05, 0.1) is 30.6 Å².